The van der Waals surface area contributed by atoms with Crippen LogP contribution in [0.15, 0.2) is 29.2 Å². The van der Waals surface area contributed by atoms with Crippen LogP contribution in [0, 0.1) is 4.78 Å². The predicted molar refractivity (Wildman–Crippen MR) is 67.1 cm³/mol. The van der Waals surface area contributed by atoms with Crippen LogP contribution >= 0.6 is 11.6 Å². The average Bonchev–Trinajstić information content (AvgIpc) is 2.35. The van der Waals surface area contributed by atoms with Crippen LogP contribution in [0.25, 0.3) is 0 Å². The lowest BCUT2D eigenvalue weighted by atomic mass is 10.2. The zero-order valence-corrected chi connectivity index (χ0v) is 11.0. The fraction of sp³-hybridized carbons (Fsp3) is 0.364. The molecule has 0 spiro atoms. The van der Waals surface area contributed by atoms with Crippen LogP contribution in [0.4, 0.5) is 0 Å². The van der Waals surface area contributed by atoms with Crippen molar-refractivity contribution in [3.63, 3.8) is 0 Å². The van der Waals surface area contributed by atoms with Crippen molar-refractivity contribution in [2.75, 3.05) is 18.7 Å². The van der Waals surface area contributed by atoms with E-state index < -0.39 is 15.7 Å². The minimum absolute atomic E-state index is 0.230. The van der Waals surface area contributed by atoms with Gasteiger partial charge in [0.25, 0.3) is 0 Å². The smallest absolute Gasteiger partial charge is 0.337 e. The van der Waals surface area contributed by atoms with E-state index in [-0.39, 0.29) is 5.75 Å². The molecule has 1 atom stereocenters. The first-order valence-electron chi connectivity index (χ1n) is 5.02. The number of hydrogen-bond donors (Lipinski definition) is 1. The van der Waals surface area contributed by atoms with Crippen molar-refractivity contribution in [3.05, 3.63) is 29.8 Å². The Balaban J connectivity index is 2.91. The summed E-state index contributed by atoms with van der Waals surface area (Å²) >= 11 is 5.51. The molecule has 0 fully saturated rings. The van der Waals surface area contributed by atoms with Crippen LogP contribution in [-0.2, 0) is 14.5 Å². The van der Waals surface area contributed by atoms with Crippen molar-refractivity contribution < 1.29 is 13.7 Å². The molecule has 0 saturated carbocycles. The first-order valence-corrected chi connectivity index (χ1v) is 7.28. The third-order valence-corrected chi connectivity index (χ3v) is 4.39. The van der Waals surface area contributed by atoms with E-state index in [1.54, 1.807) is 0 Å². The molecule has 1 rings (SSSR count). The van der Waals surface area contributed by atoms with Gasteiger partial charge in [-0.3, -0.25) is 0 Å². The van der Waals surface area contributed by atoms with Gasteiger partial charge in [0.2, 0.25) is 0 Å². The molecule has 0 amide bonds. The van der Waals surface area contributed by atoms with Gasteiger partial charge in [0.1, 0.15) is 0 Å². The summed E-state index contributed by atoms with van der Waals surface area (Å²) < 4.78 is 24.3. The number of benzene rings is 1. The number of rotatable bonds is 5. The zero-order chi connectivity index (χ0) is 12.9. The van der Waals surface area contributed by atoms with Crippen LogP contribution in [0.1, 0.15) is 16.8 Å². The summed E-state index contributed by atoms with van der Waals surface area (Å²) in [6, 6.07) is 6.07. The maximum Gasteiger partial charge on any atom is 0.337 e. The number of carbonyl (C=O) groups excluding carboxylic acids is 1. The highest BCUT2D eigenvalue weighted by molar-refractivity contribution is 7.92. The Morgan fingerprint density at radius 1 is 1.41 bits per heavy atom. The van der Waals surface area contributed by atoms with E-state index in [1.165, 1.54) is 31.4 Å². The van der Waals surface area contributed by atoms with E-state index in [2.05, 4.69) is 4.74 Å². The molecule has 0 aliphatic heterocycles. The van der Waals surface area contributed by atoms with Crippen LogP contribution in [0.3, 0.4) is 0 Å². The van der Waals surface area contributed by atoms with Gasteiger partial charge in [0.15, 0.2) is 0 Å². The van der Waals surface area contributed by atoms with Crippen LogP contribution in [-0.4, -0.2) is 28.9 Å². The van der Waals surface area contributed by atoms with Gasteiger partial charge in [-0.25, -0.2) is 13.8 Å². The van der Waals surface area contributed by atoms with Gasteiger partial charge in [0, 0.05) is 16.5 Å². The molecular weight excluding hydrogens is 262 g/mol. The standard InChI is InChI=1S/C11H14ClNO3S/c1-16-11(14)9-3-5-10(6-4-9)17(13,15)8-2-7-12/h3-6,13H,2,7-8H2,1H3. The minimum atomic E-state index is -2.81. The van der Waals surface area contributed by atoms with Gasteiger partial charge >= 0.3 is 5.97 Å². The van der Waals surface area contributed by atoms with Crippen molar-refractivity contribution in [2.45, 2.75) is 11.3 Å². The SMILES string of the molecule is COC(=O)c1ccc(S(=N)(=O)CCCCl)cc1. The lowest BCUT2D eigenvalue weighted by molar-refractivity contribution is 0.0600. The van der Waals surface area contributed by atoms with Crippen molar-refractivity contribution in [1.29, 1.82) is 4.78 Å². The fourth-order valence-corrected chi connectivity index (χ4v) is 2.96. The molecule has 0 saturated heterocycles. The van der Waals surface area contributed by atoms with Gasteiger partial charge in [-0.2, -0.15) is 0 Å². The summed E-state index contributed by atoms with van der Waals surface area (Å²) in [7, 11) is -1.51. The average molecular weight is 276 g/mol. The quantitative estimate of drug-likeness (QED) is 0.663. The lowest BCUT2D eigenvalue weighted by Crippen LogP contribution is -2.07. The van der Waals surface area contributed by atoms with E-state index in [9.17, 15) is 9.00 Å². The molecule has 0 radical (unpaired) electrons. The molecule has 0 aliphatic rings. The summed E-state index contributed by atoms with van der Waals surface area (Å²) in [6.07, 6.45) is 0.530. The van der Waals surface area contributed by atoms with E-state index in [1.807, 2.05) is 0 Å². The fourth-order valence-electron chi connectivity index (χ4n) is 1.30. The molecule has 0 bridgehead atoms. The second-order valence-corrected chi connectivity index (χ2v) is 6.05. The Morgan fingerprint density at radius 2 is 2.00 bits per heavy atom. The molecule has 94 valence electrons. The van der Waals surface area contributed by atoms with Gasteiger partial charge in [-0.1, -0.05) is 0 Å². The van der Waals surface area contributed by atoms with Crippen molar-refractivity contribution in [3.8, 4) is 0 Å². The van der Waals surface area contributed by atoms with E-state index >= 15 is 0 Å². The summed E-state index contributed by atoms with van der Waals surface area (Å²) in [5.41, 5.74) is 0.379. The summed E-state index contributed by atoms with van der Waals surface area (Å²) in [5.74, 6) is 0.165. The van der Waals surface area contributed by atoms with Gasteiger partial charge in [-0.15, -0.1) is 11.6 Å². The number of alkyl halides is 1. The molecule has 6 heteroatoms. The van der Waals surface area contributed by atoms with Gasteiger partial charge < -0.3 is 4.74 Å². The Labute approximate surface area is 106 Å². The highest BCUT2D eigenvalue weighted by atomic mass is 35.5. The monoisotopic (exact) mass is 275 g/mol. The molecule has 0 aromatic heterocycles. The Morgan fingerprint density at radius 3 is 2.47 bits per heavy atom. The van der Waals surface area contributed by atoms with Crippen LogP contribution < -0.4 is 0 Å². The Hall–Kier alpha value is -1.07. The predicted octanol–water partition coefficient (Wildman–Crippen LogP) is 2.51. The maximum absolute atomic E-state index is 12.0. The normalized spacial score (nSPS) is 14.0. The number of nitrogens with one attached hydrogen (secondary N) is 1. The summed E-state index contributed by atoms with van der Waals surface area (Å²) in [5, 5.41) is 0. The highest BCUT2D eigenvalue weighted by Gasteiger charge is 2.11. The summed E-state index contributed by atoms with van der Waals surface area (Å²) in [6.45, 7) is 0. The number of halogens is 1. The highest BCUT2D eigenvalue weighted by Crippen LogP contribution is 2.14. The molecule has 0 aliphatic carbocycles. The van der Waals surface area contributed by atoms with Crippen LogP contribution in [0.2, 0.25) is 0 Å². The molecular formula is C11H14ClNO3S. The molecule has 1 unspecified atom stereocenters. The lowest BCUT2D eigenvalue weighted by Gasteiger charge is -2.07. The van der Waals surface area contributed by atoms with Gasteiger partial charge in [-0.05, 0) is 30.7 Å². The minimum Gasteiger partial charge on any atom is -0.465 e. The number of hydrogen-bond acceptors (Lipinski definition) is 4. The van der Waals surface area contributed by atoms with E-state index in [0.29, 0.717) is 22.8 Å². The first-order chi connectivity index (χ1) is 8.01. The van der Waals surface area contributed by atoms with Crippen molar-refractivity contribution >= 4 is 27.3 Å². The number of esters is 1. The molecule has 17 heavy (non-hydrogen) atoms. The number of ether oxygens (including phenoxy) is 1. The van der Waals surface area contributed by atoms with E-state index in [0.717, 1.165) is 0 Å². The molecule has 4 nitrogen and oxygen atoms in total. The molecule has 0 heterocycles. The second-order valence-electron chi connectivity index (χ2n) is 3.44. The topological polar surface area (TPSA) is 67.2 Å². The Bertz CT molecular complexity index is 482. The van der Waals surface area contributed by atoms with E-state index in [4.69, 9.17) is 16.4 Å². The largest absolute Gasteiger partial charge is 0.465 e. The summed E-state index contributed by atoms with van der Waals surface area (Å²) in [4.78, 5) is 11.6. The van der Waals surface area contributed by atoms with Crippen molar-refractivity contribution in [2.24, 2.45) is 0 Å². The third kappa shape index (κ3) is 3.71. The maximum atomic E-state index is 12.0. The third-order valence-electron chi connectivity index (χ3n) is 2.22. The Kier molecular flexibility index (Phi) is 4.96. The number of carbonyl (C=O) groups is 1. The van der Waals surface area contributed by atoms with Crippen LogP contribution in [0.5, 0.6) is 0 Å². The zero-order valence-electron chi connectivity index (χ0n) is 9.44. The first kappa shape index (κ1) is 14.0. The molecule has 1 aromatic carbocycles. The second kappa shape index (κ2) is 6.02. The molecule has 1 N–H and O–H groups in total. The number of methoxy groups -OCH3 is 1. The van der Waals surface area contributed by atoms with Crippen molar-refractivity contribution in [1.82, 2.24) is 0 Å². The van der Waals surface area contributed by atoms with Gasteiger partial charge in [0.05, 0.1) is 22.4 Å². The molecule has 1 aromatic rings.